The molecule has 0 spiro atoms. The van der Waals surface area contributed by atoms with Gasteiger partial charge in [-0.2, -0.15) is 0 Å². The Morgan fingerprint density at radius 3 is 2.45 bits per heavy atom. The molecule has 1 heterocycles. The van der Waals surface area contributed by atoms with Gasteiger partial charge in [0, 0.05) is 24.7 Å². The number of esters is 1. The normalized spacial score (nSPS) is 14.3. The second-order valence-corrected chi connectivity index (χ2v) is 7.02. The minimum atomic E-state index is -0.464. The molecule has 2 aromatic rings. The lowest BCUT2D eigenvalue weighted by Gasteiger charge is -2.31. The lowest BCUT2D eigenvalue weighted by molar-refractivity contribution is -0.133. The standard InChI is InChI=1S/C22H23FN2O4/c1-29-22(28)17-3-2-4-19(14-17)24-21(27)16-9-11-25(12-10-16)20(26)13-15-5-7-18(23)8-6-15/h2-8,14,16H,9-13H2,1H3,(H,24,27). The maximum atomic E-state index is 13.0. The lowest BCUT2D eigenvalue weighted by Crippen LogP contribution is -2.42. The van der Waals surface area contributed by atoms with Crippen molar-refractivity contribution in [1.29, 1.82) is 0 Å². The Morgan fingerprint density at radius 2 is 1.79 bits per heavy atom. The van der Waals surface area contributed by atoms with Gasteiger partial charge in [0.2, 0.25) is 11.8 Å². The molecule has 0 atom stereocenters. The molecule has 1 fully saturated rings. The first-order valence-electron chi connectivity index (χ1n) is 9.47. The van der Waals surface area contributed by atoms with Gasteiger partial charge in [-0.05, 0) is 48.7 Å². The van der Waals surface area contributed by atoms with Crippen LogP contribution in [0.3, 0.4) is 0 Å². The van der Waals surface area contributed by atoms with Crippen molar-refractivity contribution in [3.8, 4) is 0 Å². The Hall–Kier alpha value is -3.22. The van der Waals surface area contributed by atoms with E-state index in [2.05, 4.69) is 10.1 Å². The van der Waals surface area contributed by atoms with Gasteiger partial charge in [0.05, 0.1) is 19.1 Å². The number of piperidine rings is 1. The zero-order chi connectivity index (χ0) is 20.8. The molecular formula is C22H23FN2O4. The fourth-order valence-corrected chi connectivity index (χ4v) is 3.37. The molecule has 0 bridgehead atoms. The SMILES string of the molecule is COC(=O)c1cccc(NC(=O)C2CCN(C(=O)Cc3ccc(F)cc3)CC2)c1. The number of hydrogen-bond donors (Lipinski definition) is 1. The predicted octanol–water partition coefficient (Wildman–Crippen LogP) is 3.03. The van der Waals surface area contributed by atoms with Crippen molar-refractivity contribution in [3.63, 3.8) is 0 Å². The number of carbonyl (C=O) groups is 3. The van der Waals surface area contributed by atoms with Crippen molar-refractivity contribution in [2.24, 2.45) is 5.92 Å². The van der Waals surface area contributed by atoms with Crippen LogP contribution in [-0.2, 0) is 20.7 Å². The molecule has 29 heavy (non-hydrogen) atoms. The van der Waals surface area contributed by atoms with Crippen LogP contribution >= 0.6 is 0 Å². The van der Waals surface area contributed by atoms with Gasteiger partial charge in [0.15, 0.2) is 0 Å². The van der Waals surface area contributed by atoms with Crippen LogP contribution in [0.2, 0.25) is 0 Å². The molecule has 0 aromatic heterocycles. The number of likely N-dealkylation sites (tertiary alicyclic amines) is 1. The number of ether oxygens (including phenoxy) is 1. The minimum Gasteiger partial charge on any atom is -0.465 e. The third-order valence-electron chi connectivity index (χ3n) is 5.04. The van der Waals surface area contributed by atoms with E-state index in [1.54, 1.807) is 41.3 Å². The van der Waals surface area contributed by atoms with E-state index < -0.39 is 5.97 Å². The molecular weight excluding hydrogens is 375 g/mol. The van der Waals surface area contributed by atoms with E-state index >= 15 is 0 Å². The molecule has 0 saturated carbocycles. The van der Waals surface area contributed by atoms with Gasteiger partial charge in [0.1, 0.15) is 5.82 Å². The third-order valence-corrected chi connectivity index (χ3v) is 5.04. The van der Waals surface area contributed by atoms with Crippen LogP contribution in [0.25, 0.3) is 0 Å². The van der Waals surface area contributed by atoms with Gasteiger partial charge in [-0.15, -0.1) is 0 Å². The number of halogens is 1. The number of rotatable bonds is 5. The fourth-order valence-electron chi connectivity index (χ4n) is 3.37. The zero-order valence-corrected chi connectivity index (χ0v) is 16.2. The Morgan fingerprint density at radius 1 is 1.10 bits per heavy atom. The van der Waals surface area contributed by atoms with Crippen molar-refractivity contribution in [1.82, 2.24) is 4.90 Å². The van der Waals surface area contributed by atoms with Crippen LogP contribution in [0, 0.1) is 11.7 Å². The van der Waals surface area contributed by atoms with E-state index in [-0.39, 0.29) is 30.0 Å². The molecule has 6 nitrogen and oxygen atoms in total. The van der Waals surface area contributed by atoms with Crippen molar-refractivity contribution in [3.05, 3.63) is 65.5 Å². The van der Waals surface area contributed by atoms with Crippen molar-refractivity contribution in [2.75, 3.05) is 25.5 Å². The summed E-state index contributed by atoms with van der Waals surface area (Å²) in [5, 5.41) is 2.83. The number of methoxy groups -OCH3 is 1. The molecule has 1 aliphatic rings. The van der Waals surface area contributed by atoms with Crippen molar-refractivity contribution < 1.29 is 23.5 Å². The quantitative estimate of drug-likeness (QED) is 0.786. The average Bonchev–Trinajstić information content (AvgIpc) is 2.75. The largest absolute Gasteiger partial charge is 0.465 e. The molecule has 1 N–H and O–H groups in total. The topological polar surface area (TPSA) is 75.7 Å². The van der Waals surface area contributed by atoms with E-state index in [1.807, 2.05) is 0 Å². The van der Waals surface area contributed by atoms with E-state index in [1.165, 1.54) is 19.2 Å². The van der Waals surface area contributed by atoms with Crippen LogP contribution in [0.1, 0.15) is 28.8 Å². The van der Waals surface area contributed by atoms with Crippen LogP contribution in [0.15, 0.2) is 48.5 Å². The molecule has 3 rings (SSSR count). The third kappa shape index (κ3) is 5.40. The number of hydrogen-bond acceptors (Lipinski definition) is 4. The minimum absolute atomic E-state index is 0.0266. The van der Waals surface area contributed by atoms with Gasteiger partial charge < -0.3 is 15.0 Å². The van der Waals surface area contributed by atoms with Crippen LogP contribution in [0.4, 0.5) is 10.1 Å². The summed E-state index contributed by atoms with van der Waals surface area (Å²) in [6.07, 6.45) is 1.35. The van der Waals surface area contributed by atoms with Crippen molar-refractivity contribution >= 4 is 23.5 Å². The predicted molar refractivity (Wildman–Crippen MR) is 106 cm³/mol. The first-order chi connectivity index (χ1) is 14.0. The summed E-state index contributed by atoms with van der Waals surface area (Å²) < 4.78 is 17.7. The van der Waals surface area contributed by atoms with Gasteiger partial charge >= 0.3 is 5.97 Å². The van der Waals surface area contributed by atoms with Crippen molar-refractivity contribution in [2.45, 2.75) is 19.3 Å². The molecule has 2 amide bonds. The molecule has 152 valence electrons. The summed E-state index contributed by atoms with van der Waals surface area (Å²) >= 11 is 0. The number of benzene rings is 2. The number of carbonyl (C=O) groups excluding carboxylic acids is 3. The summed E-state index contributed by atoms with van der Waals surface area (Å²) in [5.41, 5.74) is 1.67. The summed E-state index contributed by atoms with van der Waals surface area (Å²) in [4.78, 5) is 38.3. The number of nitrogens with one attached hydrogen (secondary N) is 1. The molecule has 0 aliphatic carbocycles. The second-order valence-electron chi connectivity index (χ2n) is 7.02. The molecule has 1 aliphatic heterocycles. The average molecular weight is 398 g/mol. The summed E-state index contributed by atoms with van der Waals surface area (Å²) in [7, 11) is 1.30. The Balaban J connectivity index is 1.51. The lowest BCUT2D eigenvalue weighted by atomic mass is 9.95. The Kier molecular flexibility index (Phi) is 6.59. The van der Waals surface area contributed by atoms with E-state index in [4.69, 9.17) is 0 Å². The van der Waals surface area contributed by atoms with Gasteiger partial charge in [-0.25, -0.2) is 9.18 Å². The fraction of sp³-hybridized carbons (Fsp3) is 0.318. The van der Waals surface area contributed by atoms with Crippen LogP contribution < -0.4 is 5.32 Å². The highest BCUT2D eigenvalue weighted by molar-refractivity contribution is 5.95. The Labute approximate surface area is 168 Å². The summed E-state index contributed by atoms with van der Waals surface area (Å²) in [5.74, 6) is -1.15. The highest BCUT2D eigenvalue weighted by atomic mass is 19.1. The maximum absolute atomic E-state index is 13.0. The summed E-state index contributed by atoms with van der Waals surface area (Å²) in [6, 6.07) is 12.5. The zero-order valence-electron chi connectivity index (χ0n) is 16.2. The van der Waals surface area contributed by atoms with E-state index in [0.717, 1.165) is 5.56 Å². The maximum Gasteiger partial charge on any atom is 0.337 e. The molecule has 7 heteroatoms. The smallest absolute Gasteiger partial charge is 0.337 e. The summed E-state index contributed by atoms with van der Waals surface area (Å²) in [6.45, 7) is 1.00. The number of amides is 2. The van der Waals surface area contributed by atoms with Gasteiger partial charge in [-0.1, -0.05) is 18.2 Å². The molecule has 2 aromatic carbocycles. The molecule has 0 radical (unpaired) electrons. The number of nitrogens with zero attached hydrogens (tertiary/aromatic N) is 1. The Bertz CT molecular complexity index is 890. The van der Waals surface area contributed by atoms with E-state index in [0.29, 0.717) is 37.2 Å². The number of anilines is 1. The van der Waals surface area contributed by atoms with Crippen LogP contribution in [0.5, 0.6) is 0 Å². The van der Waals surface area contributed by atoms with Gasteiger partial charge in [0.25, 0.3) is 0 Å². The van der Waals surface area contributed by atoms with Crippen LogP contribution in [-0.4, -0.2) is 42.9 Å². The second kappa shape index (κ2) is 9.32. The molecule has 1 saturated heterocycles. The monoisotopic (exact) mass is 398 g/mol. The van der Waals surface area contributed by atoms with Gasteiger partial charge in [-0.3, -0.25) is 9.59 Å². The molecule has 0 unspecified atom stereocenters. The first kappa shape index (κ1) is 20.5. The highest BCUT2D eigenvalue weighted by Gasteiger charge is 2.27. The highest BCUT2D eigenvalue weighted by Crippen LogP contribution is 2.21. The van der Waals surface area contributed by atoms with E-state index in [9.17, 15) is 18.8 Å². The first-order valence-corrected chi connectivity index (χ1v) is 9.47.